The van der Waals surface area contributed by atoms with Gasteiger partial charge in [-0.15, -0.1) is 0 Å². The second-order valence-corrected chi connectivity index (χ2v) is 6.62. The Labute approximate surface area is 109 Å². The van der Waals surface area contributed by atoms with Crippen LogP contribution in [0.25, 0.3) is 0 Å². The molecule has 0 aliphatic carbocycles. The van der Waals surface area contributed by atoms with E-state index in [1.807, 2.05) is 30.3 Å². The third kappa shape index (κ3) is 4.40. The zero-order valence-electron chi connectivity index (χ0n) is 10.4. The number of aryl methyl sites for hydroxylation is 1. The predicted molar refractivity (Wildman–Crippen MR) is 73.0 cm³/mol. The van der Waals surface area contributed by atoms with Gasteiger partial charge in [0.2, 0.25) is 10.0 Å². The lowest BCUT2D eigenvalue weighted by Crippen LogP contribution is -2.38. The van der Waals surface area contributed by atoms with E-state index < -0.39 is 10.0 Å². The molecule has 1 heterocycles. The molecule has 2 N–H and O–H groups in total. The molecular weight excluding hydrogens is 248 g/mol. The Morgan fingerprint density at radius 2 is 2.06 bits per heavy atom. The van der Waals surface area contributed by atoms with Crippen LogP contribution in [-0.4, -0.2) is 33.3 Å². The van der Waals surface area contributed by atoms with Gasteiger partial charge in [0, 0.05) is 12.6 Å². The first-order valence-electron chi connectivity index (χ1n) is 6.40. The summed E-state index contributed by atoms with van der Waals surface area (Å²) in [5.41, 5.74) is 1.06. The number of hydrogen-bond donors (Lipinski definition) is 2. The van der Waals surface area contributed by atoms with Gasteiger partial charge in [-0.05, 0) is 31.4 Å². The maximum atomic E-state index is 11.8. The van der Waals surface area contributed by atoms with Crippen molar-refractivity contribution < 1.29 is 8.42 Å². The molecule has 2 rings (SSSR count). The highest BCUT2D eigenvalue weighted by molar-refractivity contribution is 7.89. The van der Waals surface area contributed by atoms with Gasteiger partial charge in [0.25, 0.3) is 0 Å². The minimum atomic E-state index is -3.16. The molecule has 18 heavy (non-hydrogen) atoms. The van der Waals surface area contributed by atoms with Gasteiger partial charge in [-0.3, -0.25) is 0 Å². The molecule has 0 saturated carbocycles. The molecular formula is C13H20N2O2S. The Hall–Kier alpha value is -0.910. The Morgan fingerprint density at radius 3 is 2.72 bits per heavy atom. The summed E-state index contributed by atoms with van der Waals surface area (Å²) in [4.78, 5) is 0. The third-order valence-corrected chi connectivity index (χ3v) is 4.56. The van der Waals surface area contributed by atoms with Crippen LogP contribution in [0.2, 0.25) is 0 Å². The fourth-order valence-corrected chi connectivity index (χ4v) is 3.23. The monoisotopic (exact) mass is 268 g/mol. The second-order valence-electron chi connectivity index (χ2n) is 4.70. The molecule has 0 amide bonds. The number of nitrogens with one attached hydrogen (secondary N) is 2. The lowest BCUT2D eigenvalue weighted by atomic mass is 10.2. The molecule has 5 heteroatoms. The minimum Gasteiger partial charge on any atom is -0.313 e. The van der Waals surface area contributed by atoms with Crippen molar-refractivity contribution in [2.45, 2.75) is 25.3 Å². The molecule has 1 atom stereocenters. The van der Waals surface area contributed by atoms with Gasteiger partial charge in [-0.2, -0.15) is 0 Å². The largest absolute Gasteiger partial charge is 0.313 e. The van der Waals surface area contributed by atoms with Gasteiger partial charge in [0.05, 0.1) is 5.75 Å². The van der Waals surface area contributed by atoms with Gasteiger partial charge in [0.1, 0.15) is 0 Å². The average molecular weight is 268 g/mol. The van der Waals surface area contributed by atoms with Crippen LogP contribution in [0.3, 0.4) is 0 Å². The van der Waals surface area contributed by atoms with E-state index in [9.17, 15) is 8.42 Å². The maximum Gasteiger partial charge on any atom is 0.211 e. The fraction of sp³-hybridized carbons (Fsp3) is 0.538. The summed E-state index contributed by atoms with van der Waals surface area (Å²) in [6.07, 6.45) is 2.76. The first-order chi connectivity index (χ1) is 8.66. The normalized spacial score (nSPS) is 20.1. The molecule has 0 spiro atoms. The van der Waals surface area contributed by atoms with Gasteiger partial charge in [-0.1, -0.05) is 30.3 Å². The smallest absolute Gasteiger partial charge is 0.211 e. The standard InChI is InChI=1S/C13H20N2O2S/c16-18(17,15-11-13-7-4-9-14-13)10-8-12-5-2-1-3-6-12/h1-3,5-6,13-15H,4,7-11H2. The summed E-state index contributed by atoms with van der Waals surface area (Å²) in [5.74, 6) is 0.156. The zero-order valence-corrected chi connectivity index (χ0v) is 11.2. The summed E-state index contributed by atoms with van der Waals surface area (Å²) in [6.45, 7) is 1.51. The first kappa shape index (κ1) is 13.5. The second kappa shape index (κ2) is 6.31. The fourth-order valence-electron chi connectivity index (χ4n) is 2.13. The van der Waals surface area contributed by atoms with E-state index in [2.05, 4.69) is 10.0 Å². The van der Waals surface area contributed by atoms with Gasteiger partial charge < -0.3 is 5.32 Å². The van der Waals surface area contributed by atoms with E-state index >= 15 is 0 Å². The molecule has 1 fully saturated rings. The van der Waals surface area contributed by atoms with E-state index in [4.69, 9.17) is 0 Å². The summed E-state index contributed by atoms with van der Waals surface area (Å²) >= 11 is 0. The molecule has 0 bridgehead atoms. The number of benzene rings is 1. The highest BCUT2D eigenvalue weighted by atomic mass is 32.2. The van der Waals surface area contributed by atoms with Gasteiger partial charge in [0.15, 0.2) is 0 Å². The topological polar surface area (TPSA) is 58.2 Å². The van der Waals surface area contributed by atoms with E-state index in [1.54, 1.807) is 0 Å². The van der Waals surface area contributed by atoms with Crippen LogP contribution in [0.4, 0.5) is 0 Å². The van der Waals surface area contributed by atoms with Crippen molar-refractivity contribution in [1.82, 2.24) is 10.0 Å². The molecule has 0 radical (unpaired) electrons. The van der Waals surface area contributed by atoms with E-state index in [-0.39, 0.29) is 5.75 Å². The Bertz CT molecular complexity index is 453. The van der Waals surface area contributed by atoms with Crippen LogP contribution in [0.15, 0.2) is 30.3 Å². The molecule has 1 aliphatic rings. The van der Waals surface area contributed by atoms with Crippen LogP contribution in [0.1, 0.15) is 18.4 Å². The van der Waals surface area contributed by atoms with Crippen molar-refractivity contribution in [3.8, 4) is 0 Å². The first-order valence-corrected chi connectivity index (χ1v) is 8.05. The van der Waals surface area contributed by atoms with Crippen LogP contribution < -0.4 is 10.0 Å². The maximum absolute atomic E-state index is 11.8. The summed E-state index contributed by atoms with van der Waals surface area (Å²) in [7, 11) is -3.16. The molecule has 100 valence electrons. The highest BCUT2D eigenvalue weighted by Crippen LogP contribution is 2.05. The molecule has 1 aromatic rings. The lowest BCUT2D eigenvalue weighted by molar-refractivity contribution is 0.551. The quantitative estimate of drug-likeness (QED) is 0.806. The van der Waals surface area contributed by atoms with Gasteiger partial charge >= 0.3 is 0 Å². The van der Waals surface area contributed by atoms with E-state index in [0.717, 1.165) is 24.9 Å². The molecule has 1 aromatic carbocycles. The third-order valence-electron chi connectivity index (χ3n) is 3.21. The average Bonchev–Trinajstić information content (AvgIpc) is 2.89. The molecule has 1 saturated heterocycles. The van der Waals surface area contributed by atoms with E-state index in [1.165, 1.54) is 0 Å². The molecule has 0 aromatic heterocycles. The van der Waals surface area contributed by atoms with Crippen LogP contribution in [0.5, 0.6) is 0 Å². The molecule has 1 aliphatic heterocycles. The summed E-state index contributed by atoms with van der Waals surface area (Å²) in [6, 6.07) is 10.00. The van der Waals surface area contributed by atoms with Crippen molar-refractivity contribution in [3.63, 3.8) is 0 Å². The van der Waals surface area contributed by atoms with Gasteiger partial charge in [-0.25, -0.2) is 13.1 Å². The number of sulfonamides is 1. The highest BCUT2D eigenvalue weighted by Gasteiger charge is 2.17. The van der Waals surface area contributed by atoms with Crippen molar-refractivity contribution in [2.75, 3.05) is 18.8 Å². The minimum absolute atomic E-state index is 0.156. The summed E-state index contributed by atoms with van der Waals surface area (Å²) in [5, 5.41) is 3.28. The van der Waals surface area contributed by atoms with Crippen LogP contribution in [0, 0.1) is 0 Å². The Kier molecular flexibility index (Phi) is 4.74. The van der Waals surface area contributed by atoms with Crippen LogP contribution >= 0.6 is 0 Å². The van der Waals surface area contributed by atoms with E-state index in [0.29, 0.717) is 19.0 Å². The zero-order chi connectivity index (χ0) is 12.8. The van der Waals surface area contributed by atoms with Crippen molar-refractivity contribution >= 4 is 10.0 Å². The van der Waals surface area contributed by atoms with Crippen molar-refractivity contribution in [3.05, 3.63) is 35.9 Å². The summed E-state index contributed by atoms with van der Waals surface area (Å²) < 4.78 is 26.3. The SMILES string of the molecule is O=S(=O)(CCc1ccccc1)NCC1CCCN1. The molecule has 4 nitrogen and oxygen atoms in total. The van der Waals surface area contributed by atoms with Crippen LogP contribution in [-0.2, 0) is 16.4 Å². The Morgan fingerprint density at radius 1 is 1.28 bits per heavy atom. The lowest BCUT2D eigenvalue weighted by Gasteiger charge is -2.11. The molecule has 1 unspecified atom stereocenters. The number of rotatable bonds is 6. The predicted octanol–water partition coefficient (Wildman–Crippen LogP) is 0.900. The number of hydrogen-bond acceptors (Lipinski definition) is 3. The van der Waals surface area contributed by atoms with Crippen molar-refractivity contribution in [1.29, 1.82) is 0 Å². The Balaban J connectivity index is 1.76. The van der Waals surface area contributed by atoms with Crippen molar-refractivity contribution in [2.24, 2.45) is 0 Å².